The molecule has 0 spiro atoms. The fourth-order valence-corrected chi connectivity index (χ4v) is 1.98. The number of alkyl halides is 1. The average Bonchev–Trinajstić information content (AvgIpc) is 2.80. The highest BCUT2D eigenvalue weighted by Gasteiger charge is 2.57. The summed E-state index contributed by atoms with van der Waals surface area (Å²) in [5, 5.41) is 2.84. The van der Waals surface area contributed by atoms with E-state index in [1.165, 1.54) is 0 Å². The van der Waals surface area contributed by atoms with Gasteiger partial charge in [0.2, 0.25) is 5.91 Å². The highest BCUT2D eigenvalue weighted by atomic mass is 19.1. The molecular weight excluding hydrogens is 197 g/mol. The molecule has 2 rings (SSSR count). The third-order valence-electron chi connectivity index (χ3n) is 3.53. The van der Waals surface area contributed by atoms with Crippen molar-refractivity contribution in [2.45, 2.75) is 51.2 Å². The van der Waals surface area contributed by atoms with Crippen molar-refractivity contribution in [1.82, 2.24) is 5.32 Å². The largest absolute Gasteiger partial charge is 0.353 e. The summed E-state index contributed by atoms with van der Waals surface area (Å²) in [6, 6.07) is 0.0693. The van der Waals surface area contributed by atoms with E-state index in [-0.39, 0.29) is 17.7 Å². The van der Waals surface area contributed by atoms with Crippen molar-refractivity contribution >= 4 is 11.7 Å². The first-order chi connectivity index (χ1) is 7.02. The highest BCUT2D eigenvalue weighted by Crippen LogP contribution is 2.48. The number of hydrogen-bond donors (Lipinski definition) is 1. The Morgan fingerprint density at radius 3 is 2.47 bits per heavy atom. The van der Waals surface area contributed by atoms with Gasteiger partial charge in [-0.25, -0.2) is 4.39 Å². The van der Waals surface area contributed by atoms with Crippen LogP contribution in [-0.2, 0) is 9.59 Å². The SMILES string of the molecule is CC1(C(=O)NC2CCC(=O)CC2)CC1F. The summed E-state index contributed by atoms with van der Waals surface area (Å²) >= 11 is 0. The third kappa shape index (κ3) is 2.03. The minimum absolute atomic E-state index is 0.0693. The van der Waals surface area contributed by atoms with Crippen LogP contribution in [0.3, 0.4) is 0 Å². The average molecular weight is 213 g/mol. The van der Waals surface area contributed by atoms with Crippen molar-refractivity contribution in [3.05, 3.63) is 0 Å². The number of rotatable bonds is 2. The molecule has 2 unspecified atom stereocenters. The maximum Gasteiger partial charge on any atom is 0.229 e. The topological polar surface area (TPSA) is 46.2 Å². The molecule has 0 heterocycles. The van der Waals surface area contributed by atoms with Crippen LogP contribution < -0.4 is 5.32 Å². The first kappa shape index (κ1) is 10.6. The van der Waals surface area contributed by atoms with Gasteiger partial charge in [-0.2, -0.15) is 0 Å². The van der Waals surface area contributed by atoms with Crippen molar-refractivity contribution in [3.63, 3.8) is 0 Å². The molecule has 0 aromatic rings. The predicted octanol–water partition coefficient (Wildman–Crippen LogP) is 1.36. The van der Waals surface area contributed by atoms with Crippen molar-refractivity contribution in [2.75, 3.05) is 0 Å². The van der Waals surface area contributed by atoms with Crippen LogP contribution in [0.4, 0.5) is 4.39 Å². The first-order valence-electron chi connectivity index (χ1n) is 5.49. The molecular formula is C11H16FNO2. The molecule has 2 fully saturated rings. The number of carbonyl (C=O) groups is 2. The van der Waals surface area contributed by atoms with Crippen LogP contribution in [0.2, 0.25) is 0 Å². The van der Waals surface area contributed by atoms with Crippen LogP contribution in [-0.4, -0.2) is 23.9 Å². The van der Waals surface area contributed by atoms with Crippen molar-refractivity contribution in [2.24, 2.45) is 5.41 Å². The summed E-state index contributed by atoms with van der Waals surface area (Å²) < 4.78 is 12.9. The van der Waals surface area contributed by atoms with Crippen LogP contribution in [0.15, 0.2) is 0 Å². The summed E-state index contributed by atoms with van der Waals surface area (Å²) in [6.07, 6.45) is 1.85. The second-order valence-corrected chi connectivity index (χ2v) is 4.88. The smallest absolute Gasteiger partial charge is 0.229 e. The van der Waals surface area contributed by atoms with Gasteiger partial charge in [-0.1, -0.05) is 0 Å². The first-order valence-corrected chi connectivity index (χ1v) is 5.49. The molecule has 2 atom stereocenters. The van der Waals surface area contributed by atoms with Gasteiger partial charge in [0.05, 0.1) is 5.41 Å². The van der Waals surface area contributed by atoms with E-state index in [0.717, 1.165) is 0 Å². The lowest BCUT2D eigenvalue weighted by Gasteiger charge is -2.23. The Bertz CT molecular complexity index is 295. The third-order valence-corrected chi connectivity index (χ3v) is 3.53. The van der Waals surface area contributed by atoms with Gasteiger partial charge in [-0.3, -0.25) is 9.59 Å². The monoisotopic (exact) mass is 213 g/mol. The van der Waals surface area contributed by atoms with E-state index >= 15 is 0 Å². The number of Topliss-reactive ketones (excluding diaryl/α,β-unsaturated/α-hetero) is 1. The van der Waals surface area contributed by atoms with Gasteiger partial charge in [-0.15, -0.1) is 0 Å². The predicted molar refractivity (Wildman–Crippen MR) is 53.0 cm³/mol. The summed E-state index contributed by atoms with van der Waals surface area (Å²) in [5.41, 5.74) is -0.790. The van der Waals surface area contributed by atoms with E-state index in [4.69, 9.17) is 0 Å². The number of amides is 1. The number of ketones is 1. The second kappa shape index (κ2) is 3.58. The van der Waals surface area contributed by atoms with Crippen LogP contribution in [0.1, 0.15) is 39.0 Å². The van der Waals surface area contributed by atoms with Crippen LogP contribution >= 0.6 is 0 Å². The Balaban J connectivity index is 1.82. The molecule has 2 saturated carbocycles. The van der Waals surface area contributed by atoms with Gasteiger partial charge in [0.25, 0.3) is 0 Å². The molecule has 4 heteroatoms. The Labute approximate surface area is 88.4 Å². The highest BCUT2D eigenvalue weighted by molar-refractivity contribution is 5.86. The Morgan fingerprint density at radius 1 is 1.47 bits per heavy atom. The molecule has 2 aliphatic rings. The van der Waals surface area contributed by atoms with Crippen LogP contribution in [0.5, 0.6) is 0 Å². The molecule has 0 radical (unpaired) electrons. The summed E-state index contributed by atoms with van der Waals surface area (Å²) in [6.45, 7) is 1.65. The van der Waals surface area contributed by atoms with Gasteiger partial charge in [0.1, 0.15) is 12.0 Å². The van der Waals surface area contributed by atoms with E-state index in [2.05, 4.69) is 5.32 Å². The molecule has 2 aliphatic carbocycles. The lowest BCUT2D eigenvalue weighted by Crippen LogP contribution is -2.41. The molecule has 84 valence electrons. The maximum atomic E-state index is 12.9. The lowest BCUT2D eigenvalue weighted by atomic mass is 9.93. The molecule has 0 aliphatic heterocycles. The molecule has 1 N–H and O–H groups in total. The fourth-order valence-electron chi connectivity index (χ4n) is 1.98. The van der Waals surface area contributed by atoms with Gasteiger partial charge in [-0.05, 0) is 26.2 Å². The van der Waals surface area contributed by atoms with Gasteiger partial charge < -0.3 is 5.32 Å². The number of carbonyl (C=O) groups excluding carboxylic acids is 2. The molecule has 0 aromatic carbocycles. The van der Waals surface area contributed by atoms with Gasteiger partial charge in [0.15, 0.2) is 0 Å². The zero-order valence-electron chi connectivity index (χ0n) is 8.88. The Morgan fingerprint density at radius 2 is 2.00 bits per heavy atom. The number of halogens is 1. The zero-order chi connectivity index (χ0) is 11.1. The molecule has 0 aromatic heterocycles. The maximum absolute atomic E-state index is 12.9. The minimum Gasteiger partial charge on any atom is -0.353 e. The number of nitrogens with one attached hydrogen (secondary N) is 1. The van der Waals surface area contributed by atoms with E-state index in [1.54, 1.807) is 6.92 Å². The second-order valence-electron chi connectivity index (χ2n) is 4.88. The zero-order valence-corrected chi connectivity index (χ0v) is 8.88. The lowest BCUT2D eigenvalue weighted by molar-refractivity contribution is -0.128. The van der Waals surface area contributed by atoms with Crippen molar-refractivity contribution < 1.29 is 14.0 Å². The molecule has 1 amide bonds. The standard InChI is InChI=1S/C11H16FNO2/c1-11(6-9(11)12)10(15)13-7-2-4-8(14)5-3-7/h7,9H,2-6H2,1H3,(H,13,15). The van der Waals surface area contributed by atoms with E-state index < -0.39 is 11.6 Å². The molecule has 0 bridgehead atoms. The van der Waals surface area contributed by atoms with Crippen molar-refractivity contribution in [1.29, 1.82) is 0 Å². The molecule has 15 heavy (non-hydrogen) atoms. The van der Waals surface area contributed by atoms with E-state index in [9.17, 15) is 14.0 Å². The fraction of sp³-hybridized carbons (Fsp3) is 0.818. The summed E-state index contributed by atoms with van der Waals surface area (Å²) in [7, 11) is 0. The Hall–Kier alpha value is -0.930. The van der Waals surface area contributed by atoms with Gasteiger partial charge in [0, 0.05) is 18.9 Å². The quantitative estimate of drug-likeness (QED) is 0.752. The van der Waals surface area contributed by atoms with E-state index in [1.807, 2.05) is 0 Å². The number of hydrogen-bond acceptors (Lipinski definition) is 2. The summed E-state index contributed by atoms with van der Waals surface area (Å²) in [4.78, 5) is 22.6. The van der Waals surface area contributed by atoms with Gasteiger partial charge >= 0.3 is 0 Å². The molecule has 0 saturated heterocycles. The van der Waals surface area contributed by atoms with Crippen LogP contribution in [0.25, 0.3) is 0 Å². The minimum atomic E-state index is -0.984. The molecule has 3 nitrogen and oxygen atoms in total. The van der Waals surface area contributed by atoms with Crippen LogP contribution in [0, 0.1) is 5.41 Å². The Kier molecular flexibility index (Phi) is 2.52. The van der Waals surface area contributed by atoms with Crippen molar-refractivity contribution in [3.8, 4) is 0 Å². The normalized spacial score (nSPS) is 36.4. The van der Waals surface area contributed by atoms with E-state index in [0.29, 0.717) is 32.1 Å². The summed E-state index contributed by atoms with van der Waals surface area (Å²) in [5.74, 6) is 0.0795.